The molecule has 1 fully saturated rings. The normalized spacial score (nSPS) is 17.4. The first-order valence-corrected chi connectivity index (χ1v) is 9.77. The molecule has 0 radical (unpaired) electrons. The molecule has 1 saturated heterocycles. The van der Waals surface area contributed by atoms with Gasteiger partial charge >= 0.3 is 0 Å². The van der Waals surface area contributed by atoms with Gasteiger partial charge in [0.25, 0.3) is 0 Å². The van der Waals surface area contributed by atoms with E-state index in [-0.39, 0.29) is 6.04 Å². The number of rotatable bonds is 3. The van der Waals surface area contributed by atoms with E-state index in [0.29, 0.717) is 13.2 Å². The average Bonchev–Trinajstić information content (AvgIpc) is 3.40. The van der Waals surface area contributed by atoms with Crippen LogP contribution in [0, 0.1) is 13.8 Å². The minimum Gasteiger partial charge on any atom is -0.377 e. The van der Waals surface area contributed by atoms with Crippen LogP contribution >= 0.6 is 0 Å². The van der Waals surface area contributed by atoms with Crippen molar-refractivity contribution < 1.29 is 4.74 Å². The van der Waals surface area contributed by atoms with Crippen LogP contribution in [0.2, 0.25) is 0 Å². The number of anilines is 1. The van der Waals surface area contributed by atoms with E-state index >= 15 is 0 Å². The molecule has 0 aliphatic carbocycles. The monoisotopic (exact) mass is 392 g/mol. The van der Waals surface area contributed by atoms with E-state index in [1.807, 2.05) is 41.6 Å². The zero-order valence-electron chi connectivity index (χ0n) is 17.0. The smallest absolute Gasteiger partial charge is 0.169 e. The van der Waals surface area contributed by atoms with Gasteiger partial charge in [0, 0.05) is 19.7 Å². The van der Waals surface area contributed by atoms with Crippen LogP contribution in [0.4, 0.5) is 5.82 Å². The van der Waals surface area contributed by atoms with Gasteiger partial charge < -0.3 is 9.64 Å². The molecule has 5 heterocycles. The molecule has 1 atom stereocenters. The van der Waals surface area contributed by atoms with E-state index in [1.165, 1.54) is 0 Å². The lowest BCUT2D eigenvalue weighted by Crippen LogP contribution is -2.44. The van der Waals surface area contributed by atoms with Gasteiger partial charge in [0.15, 0.2) is 5.65 Å². The largest absolute Gasteiger partial charge is 0.377 e. The van der Waals surface area contributed by atoms with Crippen molar-refractivity contribution in [3.63, 3.8) is 0 Å². The van der Waals surface area contributed by atoms with E-state index in [1.54, 1.807) is 0 Å². The number of ether oxygens (including phenoxy) is 1. The number of aromatic amines is 1. The van der Waals surface area contributed by atoms with Crippen molar-refractivity contribution in [1.29, 1.82) is 0 Å². The molecule has 9 heteroatoms. The molecule has 9 nitrogen and oxygen atoms in total. The fourth-order valence-electron chi connectivity index (χ4n) is 4.00. The van der Waals surface area contributed by atoms with Gasteiger partial charge in [-0.05, 0) is 32.4 Å². The maximum Gasteiger partial charge on any atom is 0.169 e. The van der Waals surface area contributed by atoms with Gasteiger partial charge in [-0.25, -0.2) is 9.97 Å². The van der Waals surface area contributed by atoms with Crippen LogP contribution in [0.25, 0.3) is 28.4 Å². The van der Waals surface area contributed by atoms with Gasteiger partial charge in [-0.1, -0.05) is 0 Å². The molecular formula is C20H24N8O. The standard InChI is InChI=1S/C20H24N8O/c1-12-9-22-26(4)19(12)16-8-17(27-5-6-29-10-14(27)3)23-20-18(21-11-28(16)20)15-7-13(2)24-25-15/h7-9,11,14H,5-6,10H2,1-4H3,(H,24,25). The van der Waals surface area contributed by atoms with Gasteiger partial charge in [0.05, 0.1) is 48.2 Å². The average molecular weight is 392 g/mol. The lowest BCUT2D eigenvalue weighted by Gasteiger charge is -2.34. The molecule has 0 aromatic carbocycles. The van der Waals surface area contributed by atoms with Crippen LogP contribution < -0.4 is 4.90 Å². The van der Waals surface area contributed by atoms with Crippen molar-refractivity contribution in [2.24, 2.45) is 7.05 Å². The summed E-state index contributed by atoms with van der Waals surface area (Å²) < 4.78 is 9.56. The minimum atomic E-state index is 0.250. The first-order chi connectivity index (χ1) is 14.0. The Morgan fingerprint density at radius 1 is 1.24 bits per heavy atom. The Hall–Kier alpha value is -3.20. The van der Waals surface area contributed by atoms with E-state index in [4.69, 9.17) is 9.72 Å². The Labute approximate surface area is 168 Å². The Balaban J connectivity index is 1.77. The van der Waals surface area contributed by atoms with E-state index in [2.05, 4.69) is 45.1 Å². The maximum atomic E-state index is 5.63. The summed E-state index contributed by atoms with van der Waals surface area (Å²) in [7, 11) is 1.96. The topological polar surface area (TPSA) is 89.2 Å². The molecule has 0 spiro atoms. The number of nitrogens with zero attached hydrogens (tertiary/aromatic N) is 7. The van der Waals surface area contributed by atoms with Gasteiger partial charge in [0.1, 0.15) is 17.8 Å². The molecule has 4 aromatic rings. The van der Waals surface area contributed by atoms with Gasteiger partial charge in [-0.15, -0.1) is 0 Å². The van der Waals surface area contributed by atoms with Gasteiger partial charge in [-0.2, -0.15) is 10.2 Å². The molecular weight excluding hydrogens is 368 g/mol. The molecule has 5 rings (SSSR count). The predicted octanol–water partition coefficient (Wildman–Crippen LogP) is 2.36. The third-order valence-corrected chi connectivity index (χ3v) is 5.48. The second-order valence-electron chi connectivity index (χ2n) is 7.63. The number of morpholine rings is 1. The van der Waals surface area contributed by atoms with Crippen molar-refractivity contribution >= 4 is 11.5 Å². The summed E-state index contributed by atoms with van der Waals surface area (Å²) in [6.45, 7) is 8.39. The van der Waals surface area contributed by atoms with Crippen molar-refractivity contribution in [1.82, 2.24) is 34.3 Å². The van der Waals surface area contributed by atoms with Crippen molar-refractivity contribution in [3.05, 3.63) is 35.9 Å². The summed E-state index contributed by atoms with van der Waals surface area (Å²) in [6.07, 6.45) is 3.71. The Morgan fingerprint density at radius 3 is 2.79 bits per heavy atom. The summed E-state index contributed by atoms with van der Waals surface area (Å²) in [5, 5.41) is 11.8. The highest BCUT2D eigenvalue weighted by Gasteiger charge is 2.24. The Bertz CT molecular complexity index is 1170. The summed E-state index contributed by atoms with van der Waals surface area (Å²) in [4.78, 5) is 12.0. The number of aryl methyl sites for hydroxylation is 3. The van der Waals surface area contributed by atoms with Gasteiger partial charge in [-0.3, -0.25) is 14.2 Å². The van der Waals surface area contributed by atoms with Crippen LogP contribution in [0.3, 0.4) is 0 Å². The molecule has 29 heavy (non-hydrogen) atoms. The first-order valence-electron chi connectivity index (χ1n) is 9.77. The van der Waals surface area contributed by atoms with Crippen molar-refractivity contribution in [2.75, 3.05) is 24.7 Å². The fraction of sp³-hybridized carbons (Fsp3) is 0.400. The first kappa shape index (κ1) is 17.9. The number of aromatic nitrogens is 7. The van der Waals surface area contributed by atoms with E-state index < -0.39 is 0 Å². The summed E-state index contributed by atoms with van der Waals surface area (Å²) >= 11 is 0. The minimum absolute atomic E-state index is 0.250. The second kappa shape index (κ2) is 6.70. The lowest BCUT2D eigenvalue weighted by molar-refractivity contribution is 0.0985. The van der Waals surface area contributed by atoms with Crippen molar-refractivity contribution in [3.8, 4) is 22.8 Å². The molecule has 1 aliphatic rings. The molecule has 1 unspecified atom stereocenters. The number of nitrogens with one attached hydrogen (secondary N) is 1. The highest BCUT2D eigenvalue weighted by atomic mass is 16.5. The molecule has 1 aliphatic heterocycles. The molecule has 150 valence electrons. The number of hydrogen-bond donors (Lipinski definition) is 1. The van der Waals surface area contributed by atoms with Crippen LogP contribution in [-0.4, -0.2) is 60.1 Å². The number of imidazole rings is 1. The molecule has 4 aromatic heterocycles. The fourth-order valence-corrected chi connectivity index (χ4v) is 4.00. The Kier molecular flexibility index (Phi) is 4.13. The third-order valence-electron chi connectivity index (χ3n) is 5.48. The number of hydrogen-bond acceptors (Lipinski definition) is 6. The SMILES string of the molecule is Cc1cc(-c2ncn3c(-c4c(C)cnn4C)cc(N4CCOCC4C)nc23)[nH]n1. The second-order valence-corrected chi connectivity index (χ2v) is 7.63. The number of fused-ring (bicyclic) bond motifs is 1. The third kappa shape index (κ3) is 2.89. The highest BCUT2D eigenvalue weighted by Crippen LogP contribution is 2.31. The summed E-state index contributed by atoms with van der Waals surface area (Å²) in [5.74, 6) is 0.918. The lowest BCUT2D eigenvalue weighted by atomic mass is 10.1. The van der Waals surface area contributed by atoms with E-state index in [9.17, 15) is 0 Å². The zero-order chi connectivity index (χ0) is 20.1. The number of H-pyrrole nitrogens is 1. The summed E-state index contributed by atoms with van der Waals surface area (Å²) in [5.41, 5.74) is 6.52. The van der Waals surface area contributed by atoms with Crippen LogP contribution in [0.1, 0.15) is 18.2 Å². The van der Waals surface area contributed by atoms with Crippen LogP contribution in [-0.2, 0) is 11.8 Å². The molecule has 0 amide bonds. The highest BCUT2D eigenvalue weighted by molar-refractivity contribution is 5.77. The van der Waals surface area contributed by atoms with Gasteiger partial charge in [0.2, 0.25) is 0 Å². The van der Waals surface area contributed by atoms with Crippen molar-refractivity contribution in [2.45, 2.75) is 26.8 Å². The zero-order valence-corrected chi connectivity index (χ0v) is 17.0. The Morgan fingerprint density at radius 2 is 2.10 bits per heavy atom. The van der Waals surface area contributed by atoms with Crippen LogP contribution in [0.15, 0.2) is 24.7 Å². The predicted molar refractivity (Wildman–Crippen MR) is 110 cm³/mol. The maximum absolute atomic E-state index is 5.63. The quantitative estimate of drug-likeness (QED) is 0.576. The molecule has 1 N–H and O–H groups in total. The van der Waals surface area contributed by atoms with Crippen LogP contribution in [0.5, 0.6) is 0 Å². The molecule has 0 saturated carbocycles. The molecule has 0 bridgehead atoms. The van der Waals surface area contributed by atoms with E-state index in [0.717, 1.165) is 52.0 Å². The summed E-state index contributed by atoms with van der Waals surface area (Å²) in [6, 6.07) is 4.37.